The van der Waals surface area contributed by atoms with Gasteiger partial charge in [-0.3, -0.25) is 4.90 Å². The molecule has 1 aromatic heterocycles. The Kier molecular flexibility index (Phi) is 4.38. The van der Waals surface area contributed by atoms with E-state index >= 15 is 0 Å². The molecule has 3 rings (SSSR count). The Morgan fingerprint density at radius 3 is 2.81 bits per heavy atom. The van der Waals surface area contributed by atoms with E-state index in [0.29, 0.717) is 0 Å². The van der Waals surface area contributed by atoms with Gasteiger partial charge < -0.3 is 5.11 Å². The van der Waals surface area contributed by atoms with Crippen molar-refractivity contribution in [1.29, 1.82) is 0 Å². The SMILES string of the molecule is Cc1csc(CN2CCC[C@]2(CO)Cc2ccccc2)n1. The Balaban J connectivity index is 1.78. The fourth-order valence-electron chi connectivity index (χ4n) is 3.29. The highest BCUT2D eigenvalue weighted by Gasteiger charge is 2.40. The van der Waals surface area contributed by atoms with Crippen LogP contribution in [-0.4, -0.2) is 33.7 Å². The third kappa shape index (κ3) is 3.18. The molecule has 0 bridgehead atoms. The monoisotopic (exact) mass is 302 g/mol. The normalized spacial score (nSPS) is 22.8. The van der Waals surface area contributed by atoms with Crippen LogP contribution in [-0.2, 0) is 13.0 Å². The van der Waals surface area contributed by atoms with Crippen molar-refractivity contribution in [2.24, 2.45) is 0 Å². The summed E-state index contributed by atoms with van der Waals surface area (Å²) in [5.41, 5.74) is 2.27. The molecule has 0 amide bonds. The number of nitrogens with zero attached hydrogens (tertiary/aromatic N) is 2. The number of aryl methyl sites for hydroxylation is 1. The molecule has 0 radical (unpaired) electrons. The van der Waals surface area contributed by atoms with Gasteiger partial charge >= 0.3 is 0 Å². The molecule has 1 aromatic carbocycles. The molecule has 1 aliphatic heterocycles. The molecule has 2 heterocycles. The van der Waals surface area contributed by atoms with Gasteiger partial charge in [-0.15, -0.1) is 11.3 Å². The summed E-state index contributed by atoms with van der Waals surface area (Å²) in [4.78, 5) is 7.01. The molecule has 21 heavy (non-hydrogen) atoms. The number of aromatic nitrogens is 1. The van der Waals surface area contributed by atoms with Gasteiger partial charge in [0, 0.05) is 16.6 Å². The number of rotatable bonds is 5. The molecular formula is C17H22N2OS. The van der Waals surface area contributed by atoms with Gasteiger partial charge in [0.05, 0.1) is 13.2 Å². The first-order valence-electron chi connectivity index (χ1n) is 7.53. The van der Waals surface area contributed by atoms with Gasteiger partial charge in [0.25, 0.3) is 0 Å². The zero-order valence-electron chi connectivity index (χ0n) is 12.5. The molecule has 3 nitrogen and oxygen atoms in total. The topological polar surface area (TPSA) is 36.4 Å². The minimum absolute atomic E-state index is 0.124. The number of aliphatic hydroxyl groups is 1. The van der Waals surface area contributed by atoms with Crippen LogP contribution in [0.5, 0.6) is 0 Å². The summed E-state index contributed by atoms with van der Waals surface area (Å²) >= 11 is 1.72. The summed E-state index contributed by atoms with van der Waals surface area (Å²) in [6.07, 6.45) is 3.12. The number of aliphatic hydroxyl groups excluding tert-OH is 1. The lowest BCUT2D eigenvalue weighted by molar-refractivity contribution is 0.0581. The van der Waals surface area contributed by atoms with Gasteiger partial charge in [-0.2, -0.15) is 0 Å². The highest BCUT2D eigenvalue weighted by Crippen LogP contribution is 2.34. The molecule has 4 heteroatoms. The fraction of sp³-hybridized carbons (Fsp3) is 0.471. The average Bonchev–Trinajstić information content (AvgIpc) is 3.08. The molecular weight excluding hydrogens is 280 g/mol. The lowest BCUT2D eigenvalue weighted by Crippen LogP contribution is -2.48. The van der Waals surface area contributed by atoms with Crippen LogP contribution < -0.4 is 0 Å². The minimum Gasteiger partial charge on any atom is -0.394 e. The molecule has 1 aliphatic rings. The molecule has 2 aromatic rings. The van der Waals surface area contributed by atoms with E-state index in [2.05, 4.69) is 39.5 Å². The highest BCUT2D eigenvalue weighted by molar-refractivity contribution is 7.09. The highest BCUT2D eigenvalue weighted by atomic mass is 32.1. The Morgan fingerprint density at radius 2 is 2.14 bits per heavy atom. The van der Waals surface area contributed by atoms with Crippen LogP contribution in [0.4, 0.5) is 0 Å². The predicted octanol–water partition coefficient (Wildman–Crippen LogP) is 3.02. The van der Waals surface area contributed by atoms with E-state index < -0.39 is 0 Å². The van der Waals surface area contributed by atoms with E-state index in [9.17, 15) is 5.11 Å². The van der Waals surface area contributed by atoms with Crippen LogP contribution in [0.25, 0.3) is 0 Å². The molecule has 1 N–H and O–H groups in total. The Labute approximate surface area is 130 Å². The largest absolute Gasteiger partial charge is 0.394 e. The summed E-state index contributed by atoms with van der Waals surface area (Å²) in [6.45, 7) is 4.15. The van der Waals surface area contributed by atoms with E-state index in [1.165, 1.54) is 5.56 Å². The van der Waals surface area contributed by atoms with Crippen molar-refractivity contribution in [3.05, 3.63) is 52.0 Å². The number of thiazole rings is 1. The van der Waals surface area contributed by atoms with E-state index in [1.54, 1.807) is 11.3 Å². The Morgan fingerprint density at radius 1 is 1.33 bits per heavy atom. The first-order valence-corrected chi connectivity index (χ1v) is 8.41. The lowest BCUT2D eigenvalue weighted by Gasteiger charge is -2.37. The van der Waals surface area contributed by atoms with E-state index in [-0.39, 0.29) is 12.1 Å². The van der Waals surface area contributed by atoms with E-state index in [0.717, 1.165) is 43.1 Å². The lowest BCUT2D eigenvalue weighted by atomic mass is 9.89. The maximum atomic E-state index is 10.1. The van der Waals surface area contributed by atoms with Gasteiger partial charge in [-0.25, -0.2) is 4.98 Å². The summed E-state index contributed by atoms with van der Waals surface area (Å²) in [6, 6.07) is 10.5. The van der Waals surface area contributed by atoms with Crippen molar-refractivity contribution in [3.8, 4) is 0 Å². The van der Waals surface area contributed by atoms with Crippen molar-refractivity contribution in [1.82, 2.24) is 9.88 Å². The average molecular weight is 302 g/mol. The second-order valence-electron chi connectivity index (χ2n) is 5.95. The molecule has 0 aliphatic carbocycles. The summed E-state index contributed by atoms with van der Waals surface area (Å²) in [5, 5.41) is 13.3. The molecule has 1 saturated heterocycles. The number of likely N-dealkylation sites (tertiary alicyclic amines) is 1. The Bertz CT molecular complexity index is 583. The summed E-state index contributed by atoms with van der Waals surface area (Å²) in [7, 11) is 0. The zero-order valence-corrected chi connectivity index (χ0v) is 13.3. The van der Waals surface area contributed by atoms with Crippen molar-refractivity contribution in [2.75, 3.05) is 13.2 Å². The third-order valence-corrected chi connectivity index (χ3v) is 5.36. The van der Waals surface area contributed by atoms with Gasteiger partial charge in [0.15, 0.2) is 0 Å². The first kappa shape index (κ1) is 14.7. The molecule has 0 saturated carbocycles. The van der Waals surface area contributed by atoms with E-state index in [4.69, 9.17) is 0 Å². The van der Waals surface area contributed by atoms with Crippen LogP contribution in [0.2, 0.25) is 0 Å². The maximum Gasteiger partial charge on any atom is 0.107 e. The molecule has 112 valence electrons. The number of hydrogen-bond donors (Lipinski definition) is 1. The van der Waals surface area contributed by atoms with Crippen LogP contribution in [0.1, 0.15) is 29.1 Å². The van der Waals surface area contributed by atoms with Gasteiger partial charge in [-0.1, -0.05) is 30.3 Å². The van der Waals surface area contributed by atoms with Crippen LogP contribution in [0.3, 0.4) is 0 Å². The van der Waals surface area contributed by atoms with Gasteiger partial charge in [0.2, 0.25) is 0 Å². The number of hydrogen-bond acceptors (Lipinski definition) is 4. The van der Waals surface area contributed by atoms with Gasteiger partial charge in [0.1, 0.15) is 5.01 Å². The molecule has 1 fully saturated rings. The van der Waals surface area contributed by atoms with Crippen LogP contribution in [0, 0.1) is 6.92 Å². The first-order chi connectivity index (χ1) is 10.2. The standard InChI is InChI=1S/C17H22N2OS/c1-14-12-21-16(18-14)11-19-9-5-8-17(19,13-20)10-15-6-3-2-4-7-15/h2-4,6-7,12,20H,5,8-11,13H2,1H3/t17-/m1/s1. The zero-order chi connectivity index (χ0) is 14.7. The van der Waals surface area contributed by atoms with Crippen molar-refractivity contribution in [3.63, 3.8) is 0 Å². The van der Waals surface area contributed by atoms with Crippen LogP contribution >= 0.6 is 11.3 Å². The van der Waals surface area contributed by atoms with E-state index in [1.807, 2.05) is 13.0 Å². The number of benzene rings is 1. The summed E-state index contributed by atoms with van der Waals surface area (Å²) < 4.78 is 0. The van der Waals surface area contributed by atoms with Crippen molar-refractivity contribution in [2.45, 2.75) is 38.3 Å². The second kappa shape index (κ2) is 6.26. The fourth-order valence-corrected chi connectivity index (χ4v) is 4.08. The molecule has 0 unspecified atom stereocenters. The van der Waals surface area contributed by atoms with Crippen molar-refractivity contribution >= 4 is 11.3 Å². The second-order valence-corrected chi connectivity index (χ2v) is 6.90. The third-order valence-electron chi connectivity index (χ3n) is 4.40. The Hall–Kier alpha value is -1.23. The maximum absolute atomic E-state index is 10.1. The minimum atomic E-state index is -0.124. The quantitative estimate of drug-likeness (QED) is 0.922. The predicted molar refractivity (Wildman–Crippen MR) is 86.5 cm³/mol. The van der Waals surface area contributed by atoms with Crippen molar-refractivity contribution < 1.29 is 5.11 Å². The van der Waals surface area contributed by atoms with Crippen LogP contribution in [0.15, 0.2) is 35.7 Å². The van der Waals surface area contributed by atoms with Gasteiger partial charge in [-0.05, 0) is 38.3 Å². The molecule has 1 atom stereocenters. The molecule has 0 spiro atoms. The summed E-state index contributed by atoms with van der Waals surface area (Å²) in [5.74, 6) is 0. The smallest absolute Gasteiger partial charge is 0.107 e.